The summed E-state index contributed by atoms with van der Waals surface area (Å²) in [6.07, 6.45) is 1.87. The Bertz CT molecular complexity index is 464. The van der Waals surface area contributed by atoms with Crippen molar-refractivity contribution in [2.45, 2.75) is 31.8 Å². The average Bonchev–Trinajstić information content (AvgIpc) is 2.28. The van der Waals surface area contributed by atoms with Crippen molar-refractivity contribution in [2.75, 3.05) is 11.4 Å². The minimum absolute atomic E-state index is 0.250. The third kappa shape index (κ3) is 2.52. The van der Waals surface area contributed by atoms with Crippen molar-refractivity contribution in [3.63, 3.8) is 0 Å². The molecule has 4 nitrogen and oxygen atoms in total. The summed E-state index contributed by atoms with van der Waals surface area (Å²) in [5.41, 5.74) is 12.9. The van der Waals surface area contributed by atoms with Gasteiger partial charge in [-0.1, -0.05) is 6.07 Å². The molecular weight excluding hydrogens is 294 g/mol. The Hall–Kier alpha value is -1.07. The molecule has 1 heterocycles. The molecule has 2 atom stereocenters. The Kier molecular flexibility index (Phi) is 3.92. The summed E-state index contributed by atoms with van der Waals surface area (Å²) in [6, 6.07) is 6.27. The number of hydrogen-bond donors (Lipinski definition) is 2. The van der Waals surface area contributed by atoms with Gasteiger partial charge in [-0.25, -0.2) is 0 Å². The number of nitrogens with two attached hydrogens (primary N) is 2. The summed E-state index contributed by atoms with van der Waals surface area (Å²) in [6.45, 7) is 2.99. The summed E-state index contributed by atoms with van der Waals surface area (Å²) in [7, 11) is 0. The highest BCUT2D eigenvalue weighted by atomic mass is 79.9. The lowest BCUT2D eigenvalue weighted by Crippen LogP contribution is -2.46. The molecule has 1 aliphatic heterocycles. The molecule has 2 rings (SSSR count). The monoisotopic (exact) mass is 311 g/mol. The van der Waals surface area contributed by atoms with Gasteiger partial charge in [0, 0.05) is 23.1 Å². The molecule has 0 aromatic heterocycles. The number of hydrogen-bond acceptors (Lipinski definition) is 3. The van der Waals surface area contributed by atoms with Crippen LogP contribution in [0.15, 0.2) is 22.7 Å². The van der Waals surface area contributed by atoms with Crippen LogP contribution >= 0.6 is 15.9 Å². The predicted octanol–water partition coefficient (Wildman–Crippen LogP) is 1.86. The minimum Gasteiger partial charge on any atom is -0.368 e. The van der Waals surface area contributed by atoms with E-state index in [1.54, 1.807) is 0 Å². The molecule has 1 fully saturated rings. The summed E-state index contributed by atoms with van der Waals surface area (Å²) in [5.74, 6) is -0.403. The predicted molar refractivity (Wildman–Crippen MR) is 76.7 cm³/mol. The van der Waals surface area contributed by atoms with Gasteiger partial charge in [0.1, 0.15) is 0 Å². The molecule has 5 heteroatoms. The van der Waals surface area contributed by atoms with E-state index in [1.807, 2.05) is 18.2 Å². The van der Waals surface area contributed by atoms with Crippen LogP contribution in [0.3, 0.4) is 0 Å². The van der Waals surface area contributed by atoms with Crippen LogP contribution in [0.4, 0.5) is 5.69 Å². The molecule has 0 aliphatic carbocycles. The number of halogens is 1. The van der Waals surface area contributed by atoms with Crippen molar-refractivity contribution in [3.05, 3.63) is 28.2 Å². The van der Waals surface area contributed by atoms with E-state index in [4.69, 9.17) is 11.5 Å². The normalized spacial score (nSPS) is 24.1. The van der Waals surface area contributed by atoms with E-state index in [9.17, 15) is 4.79 Å². The smallest absolute Gasteiger partial charge is 0.251 e. The van der Waals surface area contributed by atoms with Crippen LogP contribution in [-0.4, -0.2) is 24.5 Å². The highest BCUT2D eigenvalue weighted by Gasteiger charge is 2.26. The second-order valence-corrected chi connectivity index (χ2v) is 5.68. The van der Waals surface area contributed by atoms with Gasteiger partial charge in [0.15, 0.2) is 0 Å². The lowest BCUT2D eigenvalue weighted by atomic mass is 9.97. The Balaban J connectivity index is 2.39. The molecule has 98 valence electrons. The number of amides is 1. The Labute approximate surface area is 115 Å². The fourth-order valence-electron chi connectivity index (χ4n) is 2.56. The fraction of sp³-hybridized carbons (Fsp3) is 0.462. The molecular formula is C13H18BrN3O. The maximum absolute atomic E-state index is 11.6. The fourth-order valence-corrected chi connectivity index (χ4v) is 3.11. The highest BCUT2D eigenvalue weighted by molar-refractivity contribution is 9.10. The average molecular weight is 312 g/mol. The van der Waals surface area contributed by atoms with Crippen LogP contribution in [0.5, 0.6) is 0 Å². The molecule has 0 saturated carbocycles. The molecule has 1 saturated heterocycles. The van der Waals surface area contributed by atoms with E-state index in [0.717, 1.165) is 29.5 Å². The number of carbonyl (C=O) groups is 1. The third-order valence-electron chi connectivity index (χ3n) is 3.46. The largest absolute Gasteiger partial charge is 0.368 e. The number of nitrogens with zero attached hydrogens (tertiary/aromatic N) is 1. The maximum atomic E-state index is 11.6. The van der Waals surface area contributed by atoms with Crippen LogP contribution < -0.4 is 16.4 Å². The van der Waals surface area contributed by atoms with Gasteiger partial charge < -0.3 is 16.4 Å². The van der Waals surface area contributed by atoms with Gasteiger partial charge in [-0.15, -0.1) is 0 Å². The molecule has 1 aromatic rings. The number of primary amides is 1. The number of rotatable bonds is 2. The second kappa shape index (κ2) is 5.28. The zero-order valence-electron chi connectivity index (χ0n) is 10.4. The first-order valence-corrected chi connectivity index (χ1v) is 6.90. The SMILES string of the molecule is CC1CC(N)CCN1c1cccc(Br)c1C(N)=O. The molecule has 1 amide bonds. The van der Waals surface area contributed by atoms with Crippen molar-refractivity contribution in [3.8, 4) is 0 Å². The van der Waals surface area contributed by atoms with Crippen molar-refractivity contribution in [2.24, 2.45) is 11.5 Å². The standard InChI is InChI=1S/C13H18BrN3O/c1-8-7-9(15)5-6-17(8)11-4-2-3-10(14)12(11)13(16)18/h2-4,8-9H,5-7,15H2,1H3,(H2,16,18). The van der Waals surface area contributed by atoms with E-state index >= 15 is 0 Å². The Morgan fingerprint density at radius 3 is 2.83 bits per heavy atom. The van der Waals surface area contributed by atoms with Crippen molar-refractivity contribution < 1.29 is 4.79 Å². The van der Waals surface area contributed by atoms with Crippen LogP contribution in [0.25, 0.3) is 0 Å². The van der Waals surface area contributed by atoms with Crippen LogP contribution in [-0.2, 0) is 0 Å². The van der Waals surface area contributed by atoms with Gasteiger partial charge in [-0.3, -0.25) is 4.79 Å². The first kappa shape index (κ1) is 13.4. The summed E-state index contributed by atoms with van der Waals surface area (Å²) >= 11 is 3.39. The van der Waals surface area contributed by atoms with E-state index in [0.29, 0.717) is 11.6 Å². The van der Waals surface area contributed by atoms with Crippen LogP contribution in [0.2, 0.25) is 0 Å². The van der Waals surface area contributed by atoms with Crippen molar-refractivity contribution >= 4 is 27.5 Å². The molecule has 0 spiro atoms. The lowest BCUT2D eigenvalue weighted by molar-refractivity contribution is 0.1000. The second-order valence-electron chi connectivity index (χ2n) is 4.83. The molecule has 0 radical (unpaired) electrons. The maximum Gasteiger partial charge on any atom is 0.251 e. The van der Waals surface area contributed by atoms with Crippen molar-refractivity contribution in [1.82, 2.24) is 0 Å². The molecule has 2 unspecified atom stereocenters. The number of carbonyl (C=O) groups excluding carboxylic acids is 1. The molecule has 4 N–H and O–H groups in total. The van der Waals surface area contributed by atoms with Crippen LogP contribution in [0, 0.1) is 0 Å². The zero-order valence-corrected chi connectivity index (χ0v) is 12.0. The first-order chi connectivity index (χ1) is 8.50. The van der Waals surface area contributed by atoms with Crippen LogP contribution in [0.1, 0.15) is 30.1 Å². The number of benzene rings is 1. The molecule has 1 aliphatic rings. The first-order valence-electron chi connectivity index (χ1n) is 6.11. The molecule has 0 bridgehead atoms. The van der Waals surface area contributed by atoms with Gasteiger partial charge in [0.25, 0.3) is 5.91 Å². The zero-order chi connectivity index (χ0) is 13.3. The van der Waals surface area contributed by atoms with Gasteiger partial charge in [-0.05, 0) is 47.8 Å². The summed E-state index contributed by atoms with van der Waals surface area (Å²) < 4.78 is 0.745. The third-order valence-corrected chi connectivity index (χ3v) is 4.12. The minimum atomic E-state index is -0.403. The van der Waals surface area contributed by atoms with E-state index in [-0.39, 0.29) is 6.04 Å². The molecule has 1 aromatic carbocycles. The molecule has 18 heavy (non-hydrogen) atoms. The Morgan fingerprint density at radius 1 is 1.50 bits per heavy atom. The van der Waals surface area contributed by atoms with Gasteiger partial charge in [0.2, 0.25) is 0 Å². The summed E-state index contributed by atoms with van der Waals surface area (Å²) in [4.78, 5) is 13.8. The number of piperidine rings is 1. The van der Waals surface area contributed by atoms with E-state index < -0.39 is 5.91 Å². The summed E-state index contributed by atoms with van der Waals surface area (Å²) in [5, 5.41) is 0. The van der Waals surface area contributed by atoms with Gasteiger partial charge >= 0.3 is 0 Å². The van der Waals surface area contributed by atoms with E-state index in [2.05, 4.69) is 27.8 Å². The number of anilines is 1. The van der Waals surface area contributed by atoms with Gasteiger partial charge in [-0.2, -0.15) is 0 Å². The Morgan fingerprint density at radius 2 is 2.22 bits per heavy atom. The lowest BCUT2D eigenvalue weighted by Gasteiger charge is -2.39. The van der Waals surface area contributed by atoms with Crippen molar-refractivity contribution in [1.29, 1.82) is 0 Å². The van der Waals surface area contributed by atoms with Gasteiger partial charge in [0.05, 0.1) is 11.3 Å². The highest BCUT2D eigenvalue weighted by Crippen LogP contribution is 2.31. The van der Waals surface area contributed by atoms with E-state index in [1.165, 1.54) is 0 Å². The quantitative estimate of drug-likeness (QED) is 0.875. The topological polar surface area (TPSA) is 72.3 Å².